The van der Waals surface area contributed by atoms with Crippen LogP contribution in [-0.4, -0.2) is 17.0 Å². The first-order valence-corrected chi connectivity index (χ1v) is 7.77. The molecule has 0 spiro atoms. The average molecular weight is 336 g/mol. The van der Waals surface area contributed by atoms with Crippen LogP contribution in [0, 0.1) is 11.6 Å². The van der Waals surface area contributed by atoms with Gasteiger partial charge in [0.1, 0.15) is 11.6 Å². The fraction of sp³-hybridized carbons (Fsp3) is 0.538. The number of halogens is 3. The highest BCUT2D eigenvalue weighted by molar-refractivity contribution is 9.10. The molecule has 1 fully saturated rings. The summed E-state index contributed by atoms with van der Waals surface area (Å²) in [6.45, 7) is 3.21. The van der Waals surface area contributed by atoms with Crippen molar-refractivity contribution in [3.05, 3.63) is 33.8 Å². The highest BCUT2D eigenvalue weighted by Gasteiger charge is 2.29. The summed E-state index contributed by atoms with van der Waals surface area (Å²) in [5.41, 5.74) is 0.107. The van der Waals surface area contributed by atoms with Gasteiger partial charge in [-0.25, -0.2) is 8.78 Å². The molecule has 0 aliphatic carbocycles. The minimum absolute atomic E-state index is 0.107. The molecule has 1 heterocycles. The topological polar surface area (TPSA) is 12.0 Å². The van der Waals surface area contributed by atoms with Crippen molar-refractivity contribution < 1.29 is 8.78 Å². The molecule has 1 atom stereocenters. The third kappa shape index (κ3) is 3.25. The van der Waals surface area contributed by atoms with Crippen molar-refractivity contribution in [2.75, 3.05) is 12.3 Å². The molecule has 2 rings (SSSR count). The van der Waals surface area contributed by atoms with Crippen molar-refractivity contribution in [2.24, 2.45) is 0 Å². The number of rotatable bonds is 4. The molecular formula is C13H16BrF2NS. The second kappa shape index (κ2) is 5.88. The van der Waals surface area contributed by atoms with Crippen LogP contribution in [0.2, 0.25) is 0 Å². The predicted molar refractivity (Wildman–Crippen MR) is 75.9 cm³/mol. The minimum atomic E-state index is -0.508. The Hall–Kier alpha value is -0.130. The molecule has 100 valence electrons. The maximum Gasteiger partial charge on any atom is 0.144 e. The summed E-state index contributed by atoms with van der Waals surface area (Å²) in [5, 5.41) is 3.17. The summed E-state index contributed by atoms with van der Waals surface area (Å²) in [6.07, 6.45) is 2.39. The summed E-state index contributed by atoms with van der Waals surface area (Å²) in [4.78, 5) is 0. The van der Waals surface area contributed by atoms with Crippen LogP contribution in [-0.2, 0) is 6.54 Å². The van der Waals surface area contributed by atoms with Gasteiger partial charge < -0.3 is 5.32 Å². The highest BCUT2D eigenvalue weighted by atomic mass is 79.9. The van der Waals surface area contributed by atoms with Gasteiger partial charge in [-0.2, -0.15) is 11.8 Å². The van der Waals surface area contributed by atoms with Crippen LogP contribution in [0.3, 0.4) is 0 Å². The molecular weight excluding hydrogens is 320 g/mol. The van der Waals surface area contributed by atoms with E-state index in [0.29, 0.717) is 4.47 Å². The van der Waals surface area contributed by atoms with Crippen molar-refractivity contribution in [2.45, 2.75) is 31.1 Å². The maximum atomic E-state index is 13.7. The monoisotopic (exact) mass is 335 g/mol. The second-order valence-corrected chi connectivity index (χ2v) is 7.36. The van der Waals surface area contributed by atoms with Gasteiger partial charge in [0.25, 0.3) is 0 Å². The molecule has 1 aromatic rings. The SMILES string of the molecule is CC1(CNCc2c(F)ccc(Br)c2F)CCCS1. The molecule has 1 saturated heterocycles. The van der Waals surface area contributed by atoms with Crippen LogP contribution in [0.5, 0.6) is 0 Å². The molecule has 18 heavy (non-hydrogen) atoms. The smallest absolute Gasteiger partial charge is 0.144 e. The normalized spacial score (nSPS) is 23.6. The van der Waals surface area contributed by atoms with Gasteiger partial charge in [0.2, 0.25) is 0 Å². The second-order valence-electron chi connectivity index (χ2n) is 4.83. The first-order chi connectivity index (χ1) is 8.52. The average Bonchev–Trinajstić information content (AvgIpc) is 2.76. The van der Waals surface area contributed by atoms with Gasteiger partial charge in [-0.1, -0.05) is 0 Å². The van der Waals surface area contributed by atoms with Gasteiger partial charge in [0.05, 0.1) is 4.47 Å². The van der Waals surface area contributed by atoms with E-state index >= 15 is 0 Å². The van der Waals surface area contributed by atoms with E-state index in [4.69, 9.17) is 0 Å². The van der Waals surface area contributed by atoms with Crippen molar-refractivity contribution in [1.29, 1.82) is 0 Å². The van der Waals surface area contributed by atoms with Crippen molar-refractivity contribution in [3.8, 4) is 0 Å². The largest absolute Gasteiger partial charge is 0.311 e. The molecule has 0 radical (unpaired) electrons. The van der Waals surface area contributed by atoms with Crippen molar-refractivity contribution in [3.63, 3.8) is 0 Å². The van der Waals surface area contributed by atoms with Crippen LogP contribution in [0.4, 0.5) is 8.78 Å². The molecule has 1 aliphatic heterocycles. The van der Waals surface area contributed by atoms with E-state index < -0.39 is 11.6 Å². The van der Waals surface area contributed by atoms with E-state index in [2.05, 4.69) is 28.2 Å². The molecule has 1 unspecified atom stereocenters. The lowest BCUT2D eigenvalue weighted by atomic mass is 10.1. The van der Waals surface area contributed by atoms with Crippen LogP contribution in [0.25, 0.3) is 0 Å². The first kappa shape index (κ1) is 14.3. The zero-order chi connectivity index (χ0) is 13.2. The van der Waals surface area contributed by atoms with Crippen molar-refractivity contribution >= 4 is 27.7 Å². The number of hydrogen-bond donors (Lipinski definition) is 1. The van der Waals surface area contributed by atoms with Gasteiger partial charge in [-0.05, 0) is 53.6 Å². The van der Waals surface area contributed by atoms with Crippen LogP contribution < -0.4 is 5.32 Å². The zero-order valence-electron chi connectivity index (χ0n) is 10.2. The molecule has 0 saturated carbocycles. The molecule has 0 bridgehead atoms. The van der Waals surface area contributed by atoms with Gasteiger partial charge >= 0.3 is 0 Å². The molecule has 0 amide bonds. The summed E-state index contributed by atoms with van der Waals surface area (Å²) in [6, 6.07) is 2.68. The summed E-state index contributed by atoms with van der Waals surface area (Å²) in [5.74, 6) is 0.178. The van der Waals surface area contributed by atoms with Crippen molar-refractivity contribution in [1.82, 2.24) is 5.32 Å². The number of benzene rings is 1. The Kier molecular flexibility index (Phi) is 4.67. The summed E-state index contributed by atoms with van der Waals surface area (Å²) >= 11 is 5.01. The molecule has 1 nitrogen and oxygen atoms in total. The van der Waals surface area contributed by atoms with E-state index in [-0.39, 0.29) is 16.9 Å². The standard InChI is InChI=1S/C13H16BrF2NS/c1-13(5-2-6-18-13)8-17-7-9-11(15)4-3-10(14)12(9)16/h3-4,17H,2,5-8H2,1H3. The summed E-state index contributed by atoms with van der Waals surface area (Å²) < 4.78 is 27.8. The lowest BCUT2D eigenvalue weighted by Gasteiger charge is -2.23. The Bertz CT molecular complexity index is 433. The Balaban J connectivity index is 1.96. The third-order valence-electron chi connectivity index (χ3n) is 3.24. The van der Waals surface area contributed by atoms with E-state index in [9.17, 15) is 8.78 Å². The Morgan fingerprint density at radius 1 is 1.44 bits per heavy atom. The van der Waals surface area contributed by atoms with Crippen LogP contribution in [0.15, 0.2) is 16.6 Å². The molecule has 5 heteroatoms. The number of hydrogen-bond acceptors (Lipinski definition) is 2. The highest BCUT2D eigenvalue weighted by Crippen LogP contribution is 2.37. The van der Waals surface area contributed by atoms with E-state index in [1.807, 2.05) is 11.8 Å². The third-order valence-corrected chi connectivity index (χ3v) is 5.39. The summed E-state index contributed by atoms with van der Waals surface area (Å²) in [7, 11) is 0. The van der Waals surface area contributed by atoms with E-state index in [1.54, 1.807) is 0 Å². The van der Waals surface area contributed by atoms with E-state index in [1.165, 1.54) is 24.3 Å². The predicted octanol–water partition coefficient (Wildman–Crippen LogP) is 4.10. The molecule has 1 aromatic carbocycles. The molecule has 1 N–H and O–H groups in total. The van der Waals surface area contributed by atoms with Gasteiger partial charge in [-0.15, -0.1) is 0 Å². The lowest BCUT2D eigenvalue weighted by Crippen LogP contribution is -2.32. The Morgan fingerprint density at radius 3 is 2.89 bits per heavy atom. The van der Waals surface area contributed by atoms with Gasteiger partial charge in [0, 0.05) is 23.4 Å². The zero-order valence-corrected chi connectivity index (χ0v) is 12.6. The lowest BCUT2D eigenvalue weighted by molar-refractivity contribution is 0.501. The fourth-order valence-corrected chi connectivity index (χ4v) is 3.81. The Labute approximate surface area is 119 Å². The molecule has 1 aliphatic rings. The molecule has 0 aromatic heterocycles. The fourth-order valence-electron chi connectivity index (χ4n) is 2.16. The quantitative estimate of drug-likeness (QED) is 0.831. The first-order valence-electron chi connectivity index (χ1n) is 5.99. The van der Waals surface area contributed by atoms with Gasteiger partial charge in [0.15, 0.2) is 0 Å². The number of nitrogens with one attached hydrogen (secondary N) is 1. The maximum absolute atomic E-state index is 13.7. The van der Waals surface area contributed by atoms with Gasteiger partial charge in [-0.3, -0.25) is 0 Å². The Morgan fingerprint density at radius 2 is 2.22 bits per heavy atom. The van der Waals surface area contributed by atoms with E-state index in [0.717, 1.165) is 13.0 Å². The number of thioether (sulfide) groups is 1. The minimum Gasteiger partial charge on any atom is -0.311 e. The van der Waals surface area contributed by atoms with Crippen LogP contribution >= 0.6 is 27.7 Å². The van der Waals surface area contributed by atoms with Crippen LogP contribution in [0.1, 0.15) is 25.3 Å².